The van der Waals surface area contributed by atoms with Crippen molar-refractivity contribution in [2.75, 3.05) is 23.3 Å². The average Bonchev–Trinajstić information content (AvgIpc) is 3.03. The first kappa shape index (κ1) is 14.4. The van der Waals surface area contributed by atoms with Crippen LogP contribution in [0.25, 0.3) is 0 Å². The van der Waals surface area contributed by atoms with Crippen LogP contribution in [-0.4, -0.2) is 13.1 Å². The molecule has 0 amide bonds. The highest BCUT2D eigenvalue weighted by molar-refractivity contribution is 5.65. The first-order valence-electron chi connectivity index (χ1n) is 6.76. The van der Waals surface area contributed by atoms with Crippen molar-refractivity contribution in [2.24, 2.45) is 0 Å². The van der Waals surface area contributed by atoms with Crippen LogP contribution in [0.1, 0.15) is 18.4 Å². The number of nitriles is 3. The van der Waals surface area contributed by atoms with E-state index in [0.29, 0.717) is 0 Å². The Labute approximate surface area is 124 Å². The maximum atomic E-state index is 9.06. The van der Waals surface area contributed by atoms with Gasteiger partial charge in [0.25, 0.3) is 0 Å². The highest BCUT2D eigenvalue weighted by Gasteiger charge is 2.14. The Kier molecular flexibility index (Phi) is 4.44. The molecule has 0 aliphatic carbocycles. The van der Waals surface area contributed by atoms with E-state index in [1.807, 2.05) is 25.1 Å². The Morgan fingerprint density at radius 3 is 2.29 bits per heavy atom. The quantitative estimate of drug-likeness (QED) is 0.858. The normalized spacial score (nSPS) is 13.0. The molecule has 1 aliphatic rings. The van der Waals surface area contributed by atoms with Gasteiger partial charge < -0.3 is 10.2 Å². The van der Waals surface area contributed by atoms with Crippen molar-refractivity contribution in [1.29, 1.82) is 15.8 Å². The largest absolute Gasteiger partial charge is 0.372 e. The fraction of sp³-hybridized carbons (Fsp3) is 0.312. The fourth-order valence-corrected chi connectivity index (χ4v) is 2.38. The van der Waals surface area contributed by atoms with Gasteiger partial charge in [0.1, 0.15) is 23.9 Å². The predicted octanol–water partition coefficient (Wildman–Crippen LogP) is 2.83. The third kappa shape index (κ3) is 3.14. The van der Waals surface area contributed by atoms with Crippen LogP contribution in [0.15, 0.2) is 29.5 Å². The van der Waals surface area contributed by atoms with E-state index < -0.39 is 0 Å². The van der Waals surface area contributed by atoms with Crippen LogP contribution >= 0.6 is 0 Å². The summed E-state index contributed by atoms with van der Waals surface area (Å²) in [5, 5.41) is 29.6. The van der Waals surface area contributed by atoms with E-state index in [4.69, 9.17) is 15.8 Å². The Morgan fingerprint density at radius 2 is 1.76 bits per heavy atom. The lowest BCUT2D eigenvalue weighted by Gasteiger charge is -2.19. The number of hydrogen-bond donors (Lipinski definition) is 1. The van der Waals surface area contributed by atoms with Crippen LogP contribution in [0, 0.1) is 40.9 Å². The van der Waals surface area contributed by atoms with E-state index in [1.165, 1.54) is 18.5 Å². The molecular weight excluding hydrogens is 262 g/mol. The average molecular weight is 277 g/mol. The summed E-state index contributed by atoms with van der Waals surface area (Å²) >= 11 is 0. The van der Waals surface area contributed by atoms with Crippen molar-refractivity contribution in [3.63, 3.8) is 0 Å². The van der Waals surface area contributed by atoms with Crippen LogP contribution in [0.2, 0.25) is 0 Å². The van der Waals surface area contributed by atoms with E-state index in [0.717, 1.165) is 24.3 Å². The molecule has 1 saturated heterocycles. The number of allylic oxidation sites excluding steroid dienone is 2. The summed E-state index contributed by atoms with van der Waals surface area (Å²) in [6, 6.07) is 11.2. The summed E-state index contributed by atoms with van der Waals surface area (Å²) in [5.74, 6) is 0. The van der Waals surface area contributed by atoms with Gasteiger partial charge in [-0.2, -0.15) is 15.8 Å². The van der Waals surface area contributed by atoms with Crippen LogP contribution < -0.4 is 10.2 Å². The first-order valence-corrected chi connectivity index (χ1v) is 6.76. The summed E-state index contributed by atoms with van der Waals surface area (Å²) in [6.45, 7) is 4.08. The molecule has 0 saturated carbocycles. The molecule has 2 rings (SSSR count). The Bertz CT molecular complexity index is 675. The van der Waals surface area contributed by atoms with Gasteiger partial charge in [-0.25, -0.2) is 0 Å². The number of rotatable bonds is 3. The molecule has 1 heterocycles. The first-order chi connectivity index (χ1) is 10.2. The lowest BCUT2D eigenvalue weighted by molar-refractivity contribution is 0.949. The number of nitrogens with one attached hydrogen (secondary N) is 1. The van der Waals surface area contributed by atoms with Crippen LogP contribution in [0.3, 0.4) is 0 Å². The minimum atomic E-state index is -0.208. The van der Waals surface area contributed by atoms with Crippen molar-refractivity contribution < 1.29 is 0 Å². The van der Waals surface area contributed by atoms with Crippen molar-refractivity contribution in [1.82, 2.24) is 0 Å². The lowest BCUT2D eigenvalue weighted by atomic mass is 10.1. The molecule has 1 aromatic rings. The molecule has 0 bridgehead atoms. The summed E-state index contributed by atoms with van der Waals surface area (Å²) < 4.78 is 0. The summed E-state index contributed by atoms with van der Waals surface area (Å²) in [5.41, 5.74) is 2.65. The van der Waals surface area contributed by atoms with Gasteiger partial charge in [0.05, 0.1) is 0 Å². The van der Waals surface area contributed by atoms with Gasteiger partial charge in [-0.1, -0.05) is 0 Å². The van der Waals surface area contributed by atoms with Gasteiger partial charge in [-0.15, -0.1) is 0 Å². The fourth-order valence-electron chi connectivity index (χ4n) is 2.38. The van der Waals surface area contributed by atoms with E-state index in [-0.39, 0.29) is 11.3 Å². The SMILES string of the molecule is Cc1cc(N2CCCC2)ccc1NC(C#N)=C(C#N)C#N. The number of anilines is 2. The monoisotopic (exact) mass is 277 g/mol. The third-order valence-electron chi connectivity index (χ3n) is 3.53. The van der Waals surface area contributed by atoms with Crippen LogP contribution in [0.4, 0.5) is 11.4 Å². The molecule has 1 aliphatic heterocycles. The van der Waals surface area contributed by atoms with E-state index >= 15 is 0 Å². The molecule has 21 heavy (non-hydrogen) atoms. The van der Waals surface area contributed by atoms with E-state index in [1.54, 1.807) is 12.1 Å². The second-order valence-electron chi connectivity index (χ2n) is 4.90. The minimum Gasteiger partial charge on any atom is -0.372 e. The standard InChI is InChI=1S/C16H15N5/c1-12-8-14(21-6-2-3-7-21)4-5-15(12)20-16(11-19)13(9-17)10-18/h4-5,8,20H,2-3,6-7H2,1H3. The van der Waals surface area contributed by atoms with E-state index in [9.17, 15) is 0 Å². The van der Waals surface area contributed by atoms with E-state index in [2.05, 4.69) is 16.3 Å². The molecule has 5 heteroatoms. The molecule has 5 nitrogen and oxygen atoms in total. The van der Waals surface area contributed by atoms with Gasteiger partial charge in [0.2, 0.25) is 0 Å². The zero-order chi connectivity index (χ0) is 15.2. The van der Waals surface area contributed by atoms with Gasteiger partial charge in [-0.05, 0) is 43.5 Å². The number of aryl methyl sites for hydroxylation is 1. The zero-order valence-electron chi connectivity index (χ0n) is 11.8. The molecular formula is C16H15N5. The molecule has 1 N–H and O–H groups in total. The summed E-state index contributed by atoms with van der Waals surface area (Å²) in [6.07, 6.45) is 2.43. The Balaban J connectivity index is 2.26. The van der Waals surface area contributed by atoms with Gasteiger partial charge >= 0.3 is 0 Å². The maximum absolute atomic E-state index is 9.06. The molecule has 1 aromatic carbocycles. The number of benzene rings is 1. The highest BCUT2D eigenvalue weighted by Crippen LogP contribution is 2.26. The predicted molar refractivity (Wildman–Crippen MR) is 80.1 cm³/mol. The Morgan fingerprint density at radius 1 is 1.10 bits per heavy atom. The van der Waals surface area contributed by atoms with Crippen molar-refractivity contribution in [3.8, 4) is 18.2 Å². The summed E-state index contributed by atoms with van der Waals surface area (Å²) in [7, 11) is 0. The molecule has 0 radical (unpaired) electrons. The number of hydrogen-bond acceptors (Lipinski definition) is 5. The van der Waals surface area contributed by atoms with Crippen LogP contribution in [0.5, 0.6) is 0 Å². The zero-order valence-corrected chi connectivity index (χ0v) is 11.8. The molecule has 0 atom stereocenters. The molecule has 0 spiro atoms. The molecule has 1 fully saturated rings. The molecule has 0 aromatic heterocycles. The topological polar surface area (TPSA) is 86.6 Å². The van der Waals surface area contributed by atoms with Crippen molar-refractivity contribution in [2.45, 2.75) is 19.8 Å². The minimum absolute atomic E-state index is 0.0166. The molecule has 104 valence electrons. The van der Waals surface area contributed by atoms with Gasteiger partial charge in [0, 0.05) is 24.5 Å². The van der Waals surface area contributed by atoms with Gasteiger partial charge in [-0.3, -0.25) is 0 Å². The summed E-state index contributed by atoms with van der Waals surface area (Å²) in [4.78, 5) is 2.33. The van der Waals surface area contributed by atoms with Crippen molar-refractivity contribution >= 4 is 11.4 Å². The smallest absolute Gasteiger partial charge is 0.163 e. The maximum Gasteiger partial charge on any atom is 0.163 e. The molecule has 0 unspecified atom stereocenters. The highest BCUT2D eigenvalue weighted by atomic mass is 15.1. The van der Waals surface area contributed by atoms with Crippen LogP contribution in [-0.2, 0) is 0 Å². The lowest BCUT2D eigenvalue weighted by Crippen LogP contribution is -2.17. The van der Waals surface area contributed by atoms with Crippen molar-refractivity contribution in [3.05, 3.63) is 35.0 Å². The second kappa shape index (κ2) is 6.46. The van der Waals surface area contributed by atoms with Gasteiger partial charge in [0.15, 0.2) is 5.57 Å². The second-order valence-corrected chi connectivity index (χ2v) is 4.90. The Hall–Kier alpha value is -2.97. The number of nitrogens with zero attached hydrogens (tertiary/aromatic N) is 4. The third-order valence-corrected chi connectivity index (χ3v) is 3.53.